The highest BCUT2D eigenvalue weighted by Crippen LogP contribution is 2.11. The molecule has 80 valence electrons. The second kappa shape index (κ2) is 5.72. The molecule has 0 aliphatic rings. The van der Waals surface area contributed by atoms with Crippen molar-refractivity contribution in [3.8, 4) is 0 Å². The van der Waals surface area contributed by atoms with Crippen molar-refractivity contribution < 1.29 is 9.26 Å². The van der Waals surface area contributed by atoms with E-state index in [1.807, 2.05) is 6.92 Å². The van der Waals surface area contributed by atoms with E-state index in [1.54, 1.807) is 7.11 Å². The van der Waals surface area contributed by atoms with Crippen LogP contribution in [0.15, 0.2) is 4.52 Å². The fraction of sp³-hybridized carbons (Fsp3) is 0.778. The summed E-state index contributed by atoms with van der Waals surface area (Å²) in [7, 11) is 1.68. The van der Waals surface area contributed by atoms with Crippen LogP contribution in [0.5, 0.6) is 0 Å². The highest BCUT2D eigenvalue weighted by Gasteiger charge is 2.11. The molecule has 1 aromatic rings. The van der Waals surface area contributed by atoms with Gasteiger partial charge in [-0.05, 0) is 6.42 Å². The van der Waals surface area contributed by atoms with Gasteiger partial charge in [-0.15, -0.1) is 0 Å². The van der Waals surface area contributed by atoms with E-state index in [-0.39, 0.29) is 5.92 Å². The Kier molecular flexibility index (Phi) is 4.55. The molecular formula is C9H17N3O2. The first kappa shape index (κ1) is 11.1. The summed E-state index contributed by atoms with van der Waals surface area (Å²) in [5.41, 5.74) is 5.49. The SMILES string of the molecule is COCCCc1noc(C(C)CN)n1. The molecular weight excluding hydrogens is 182 g/mol. The summed E-state index contributed by atoms with van der Waals surface area (Å²) in [6.45, 7) is 3.21. The second-order valence-electron chi connectivity index (χ2n) is 3.28. The summed E-state index contributed by atoms with van der Waals surface area (Å²) in [5.74, 6) is 1.50. The molecule has 0 fully saturated rings. The minimum atomic E-state index is 0.138. The van der Waals surface area contributed by atoms with Crippen LogP contribution in [0.4, 0.5) is 0 Å². The van der Waals surface area contributed by atoms with E-state index < -0.39 is 0 Å². The van der Waals surface area contributed by atoms with Crippen molar-refractivity contribution in [3.63, 3.8) is 0 Å². The minimum absolute atomic E-state index is 0.138. The monoisotopic (exact) mass is 199 g/mol. The molecule has 2 N–H and O–H groups in total. The van der Waals surface area contributed by atoms with E-state index in [0.29, 0.717) is 12.4 Å². The van der Waals surface area contributed by atoms with Crippen LogP contribution < -0.4 is 5.73 Å². The summed E-state index contributed by atoms with van der Waals surface area (Å²) < 4.78 is 10.00. The molecule has 5 heteroatoms. The highest BCUT2D eigenvalue weighted by molar-refractivity contribution is 4.92. The van der Waals surface area contributed by atoms with Crippen LogP contribution in [0.25, 0.3) is 0 Å². The van der Waals surface area contributed by atoms with Crippen LogP contribution >= 0.6 is 0 Å². The van der Waals surface area contributed by atoms with E-state index >= 15 is 0 Å². The predicted molar refractivity (Wildman–Crippen MR) is 52.0 cm³/mol. The number of aryl methyl sites for hydroxylation is 1. The smallest absolute Gasteiger partial charge is 0.230 e. The van der Waals surface area contributed by atoms with Gasteiger partial charge in [-0.25, -0.2) is 0 Å². The van der Waals surface area contributed by atoms with Crippen molar-refractivity contribution in [2.24, 2.45) is 5.73 Å². The van der Waals surface area contributed by atoms with Crippen LogP contribution in [0.3, 0.4) is 0 Å². The largest absolute Gasteiger partial charge is 0.385 e. The van der Waals surface area contributed by atoms with Gasteiger partial charge >= 0.3 is 0 Å². The van der Waals surface area contributed by atoms with Crippen LogP contribution in [0, 0.1) is 0 Å². The number of ether oxygens (including phenoxy) is 1. The molecule has 1 atom stereocenters. The molecule has 1 rings (SSSR count). The van der Waals surface area contributed by atoms with E-state index in [1.165, 1.54) is 0 Å². The Balaban J connectivity index is 2.42. The Morgan fingerprint density at radius 1 is 1.57 bits per heavy atom. The van der Waals surface area contributed by atoms with Gasteiger partial charge in [0, 0.05) is 32.6 Å². The molecule has 5 nitrogen and oxygen atoms in total. The fourth-order valence-electron chi connectivity index (χ4n) is 1.04. The first-order valence-electron chi connectivity index (χ1n) is 4.79. The Labute approximate surface area is 83.6 Å². The number of nitrogens with two attached hydrogens (primary N) is 1. The van der Waals surface area contributed by atoms with Gasteiger partial charge in [-0.2, -0.15) is 4.98 Å². The Morgan fingerprint density at radius 3 is 3.00 bits per heavy atom. The van der Waals surface area contributed by atoms with Gasteiger partial charge in [0.15, 0.2) is 5.82 Å². The lowest BCUT2D eigenvalue weighted by Gasteiger charge is -1.98. The lowest BCUT2D eigenvalue weighted by atomic mass is 10.2. The third-order valence-electron chi connectivity index (χ3n) is 2.01. The Morgan fingerprint density at radius 2 is 2.36 bits per heavy atom. The number of nitrogens with zero attached hydrogens (tertiary/aromatic N) is 2. The van der Waals surface area contributed by atoms with Crippen molar-refractivity contribution in [3.05, 3.63) is 11.7 Å². The molecule has 0 saturated heterocycles. The highest BCUT2D eigenvalue weighted by atomic mass is 16.5. The normalized spacial score (nSPS) is 13.1. The van der Waals surface area contributed by atoms with E-state index in [9.17, 15) is 0 Å². The number of aromatic nitrogens is 2. The Bertz CT molecular complexity index is 262. The van der Waals surface area contributed by atoms with E-state index in [0.717, 1.165) is 25.3 Å². The number of hydrogen-bond donors (Lipinski definition) is 1. The number of hydrogen-bond acceptors (Lipinski definition) is 5. The fourth-order valence-corrected chi connectivity index (χ4v) is 1.04. The lowest BCUT2D eigenvalue weighted by Crippen LogP contribution is -2.09. The molecule has 0 amide bonds. The molecule has 0 aliphatic heterocycles. The van der Waals surface area contributed by atoms with Gasteiger partial charge in [0.1, 0.15) is 0 Å². The second-order valence-corrected chi connectivity index (χ2v) is 3.28. The van der Waals surface area contributed by atoms with Gasteiger partial charge in [-0.1, -0.05) is 12.1 Å². The zero-order chi connectivity index (χ0) is 10.4. The van der Waals surface area contributed by atoms with E-state index in [4.69, 9.17) is 15.0 Å². The summed E-state index contributed by atoms with van der Waals surface area (Å²) >= 11 is 0. The average Bonchev–Trinajstić information content (AvgIpc) is 2.66. The van der Waals surface area contributed by atoms with E-state index in [2.05, 4.69) is 10.1 Å². The zero-order valence-corrected chi connectivity index (χ0v) is 8.69. The maximum atomic E-state index is 5.49. The molecule has 0 spiro atoms. The molecule has 0 aliphatic carbocycles. The van der Waals surface area contributed by atoms with Crippen molar-refractivity contribution in [1.82, 2.24) is 10.1 Å². The third kappa shape index (κ3) is 3.08. The summed E-state index contributed by atoms with van der Waals surface area (Å²) in [5, 5.41) is 3.86. The minimum Gasteiger partial charge on any atom is -0.385 e. The molecule has 0 bridgehead atoms. The summed E-state index contributed by atoms with van der Waals surface area (Å²) in [4.78, 5) is 4.24. The lowest BCUT2D eigenvalue weighted by molar-refractivity contribution is 0.194. The first-order chi connectivity index (χ1) is 6.77. The van der Waals surface area contributed by atoms with Crippen molar-refractivity contribution in [2.75, 3.05) is 20.3 Å². The third-order valence-corrected chi connectivity index (χ3v) is 2.01. The number of methoxy groups -OCH3 is 1. The van der Waals surface area contributed by atoms with Gasteiger partial charge in [0.25, 0.3) is 0 Å². The van der Waals surface area contributed by atoms with Gasteiger partial charge in [-0.3, -0.25) is 0 Å². The first-order valence-corrected chi connectivity index (χ1v) is 4.79. The zero-order valence-electron chi connectivity index (χ0n) is 8.69. The van der Waals surface area contributed by atoms with Crippen molar-refractivity contribution in [1.29, 1.82) is 0 Å². The maximum Gasteiger partial charge on any atom is 0.230 e. The number of rotatable bonds is 6. The van der Waals surface area contributed by atoms with Gasteiger partial charge < -0.3 is 15.0 Å². The molecule has 1 unspecified atom stereocenters. The molecule has 1 aromatic heterocycles. The van der Waals surface area contributed by atoms with Gasteiger partial charge in [0.05, 0.1) is 0 Å². The molecule has 0 aromatic carbocycles. The molecule has 0 radical (unpaired) electrons. The van der Waals surface area contributed by atoms with Crippen LogP contribution in [0.1, 0.15) is 31.0 Å². The topological polar surface area (TPSA) is 74.2 Å². The molecule has 0 saturated carbocycles. The van der Waals surface area contributed by atoms with Crippen LogP contribution in [0.2, 0.25) is 0 Å². The summed E-state index contributed by atoms with van der Waals surface area (Å²) in [6, 6.07) is 0. The Hall–Kier alpha value is -0.940. The quantitative estimate of drug-likeness (QED) is 0.683. The molecule has 14 heavy (non-hydrogen) atoms. The van der Waals surface area contributed by atoms with Gasteiger partial charge in [0.2, 0.25) is 5.89 Å². The maximum absolute atomic E-state index is 5.49. The predicted octanol–water partition coefficient (Wildman–Crippen LogP) is 0.711. The van der Waals surface area contributed by atoms with Crippen LogP contribution in [-0.4, -0.2) is 30.4 Å². The van der Waals surface area contributed by atoms with Crippen LogP contribution in [-0.2, 0) is 11.2 Å². The average molecular weight is 199 g/mol. The summed E-state index contributed by atoms with van der Waals surface area (Å²) in [6.07, 6.45) is 1.70. The van der Waals surface area contributed by atoms with Crippen molar-refractivity contribution >= 4 is 0 Å². The standard InChI is InChI=1S/C9H17N3O2/c1-7(6-10)9-11-8(12-14-9)4-3-5-13-2/h7H,3-6,10H2,1-2H3. The molecule has 1 heterocycles. The van der Waals surface area contributed by atoms with Crippen molar-refractivity contribution in [2.45, 2.75) is 25.7 Å².